The molecule has 1 atom stereocenters. The van der Waals surface area contributed by atoms with Gasteiger partial charge in [-0.3, -0.25) is 9.59 Å². The van der Waals surface area contributed by atoms with Crippen LogP contribution in [0.4, 0.5) is 0 Å². The van der Waals surface area contributed by atoms with Crippen molar-refractivity contribution in [3.05, 3.63) is 0 Å². The Labute approximate surface area is 101 Å². The smallest absolute Gasteiger partial charge is 0.306 e. The van der Waals surface area contributed by atoms with Crippen LogP contribution in [-0.4, -0.2) is 47.7 Å². The highest BCUT2D eigenvalue weighted by atomic mass is 16.5. The molecule has 1 saturated carbocycles. The van der Waals surface area contributed by atoms with Gasteiger partial charge in [-0.1, -0.05) is 13.3 Å². The zero-order chi connectivity index (χ0) is 12.5. The van der Waals surface area contributed by atoms with Crippen LogP contribution in [0, 0.1) is 5.41 Å². The molecule has 1 aliphatic heterocycles. The maximum Gasteiger partial charge on any atom is 0.306 e. The molecule has 1 amide bonds. The van der Waals surface area contributed by atoms with Crippen molar-refractivity contribution in [3.8, 4) is 0 Å². The summed E-state index contributed by atoms with van der Waals surface area (Å²) in [7, 11) is 0. The first kappa shape index (κ1) is 12.4. The highest BCUT2D eigenvalue weighted by Crippen LogP contribution is 2.42. The van der Waals surface area contributed by atoms with E-state index in [0.717, 1.165) is 19.3 Å². The molecule has 1 N–H and O–H groups in total. The molecule has 5 heteroatoms. The van der Waals surface area contributed by atoms with Gasteiger partial charge < -0.3 is 14.7 Å². The SMILES string of the molecule is CC1(C(=O)N2CCOC(CC(=O)O)C2)CCC1. The Kier molecular flexibility index (Phi) is 3.38. The topological polar surface area (TPSA) is 66.8 Å². The maximum atomic E-state index is 12.3. The van der Waals surface area contributed by atoms with Gasteiger partial charge in [0.15, 0.2) is 0 Å². The van der Waals surface area contributed by atoms with E-state index in [4.69, 9.17) is 9.84 Å². The Hall–Kier alpha value is -1.10. The molecule has 2 fully saturated rings. The number of carboxylic acids is 1. The van der Waals surface area contributed by atoms with Crippen LogP contribution in [0.1, 0.15) is 32.6 Å². The van der Waals surface area contributed by atoms with E-state index in [1.165, 1.54) is 0 Å². The summed E-state index contributed by atoms with van der Waals surface area (Å²) in [6, 6.07) is 0. The summed E-state index contributed by atoms with van der Waals surface area (Å²) in [4.78, 5) is 24.7. The Morgan fingerprint density at radius 1 is 1.47 bits per heavy atom. The van der Waals surface area contributed by atoms with E-state index in [9.17, 15) is 9.59 Å². The maximum absolute atomic E-state index is 12.3. The Bertz CT molecular complexity index is 324. The average Bonchev–Trinajstić information content (AvgIpc) is 2.24. The first-order valence-corrected chi connectivity index (χ1v) is 6.14. The van der Waals surface area contributed by atoms with Crippen LogP contribution < -0.4 is 0 Å². The van der Waals surface area contributed by atoms with Gasteiger partial charge in [0.25, 0.3) is 0 Å². The van der Waals surface area contributed by atoms with Gasteiger partial charge in [0.05, 0.1) is 19.1 Å². The van der Waals surface area contributed by atoms with Crippen LogP contribution in [0.25, 0.3) is 0 Å². The van der Waals surface area contributed by atoms with Gasteiger partial charge in [0, 0.05) is 18.5 Å². The fourth-order valence-corrected chi connectivity index (χ4v) is 2.52. The van der Waals surface area contributed by atoms with Gasteiger partial charge in [0.1, 0.15) is 0 Å². The van der Waals surface area contributed by atoms with Crippen molar-refractivity contribution in [1.29, 1.82) is 0 Å². The molecular weight excluding hydrogens is 222 g/mol. The number of carboxylic acid groups (broad SMARTS) is 1. The Balaban J connectivity index is 1.92. The Morgan fingerprint density at radius 3 is 2.71 bits per heavy atom. The predicted molar refractivity (Wildman–Crippen MR) is 60.5 cm³/mol. The molecule has 96 valence electrons. The Morgan fingerprint density at radius 2 is 2.18 bits per heavy atom. The van der Waals surface area contributed by atoms with E-state index >= 15 is 0 Å². The summed E-state index contributed by atoms with van der Waals surface area (Å²) >= 11 is 0. The molecule has 2 aliphatic rings. The van der Waals surface area contributed by atoms with Crippen molar-refractivity contribution in [2.45, 2.75) is 38.7 Å². The molecule has 0 aromatic heterocycles. The molecule has 0 aromatic carbocycles. The number of aliphatic carboxylic acids is 1. The second-order valence-electron chi connectivity index (χ2n) is 5.26. The second-order valence-corrected chi connectivity index (χ2v) is 5.26. The van der Waals surface area contributed by atoms with E-state index in [0.29, 0.717) is 19.7 Å². The minimum atomic E-state index is -0.876. The van der Waals surface area contributed by atoms with Gasteiger partial charge in [-0.25, -0.2) is 0 Å². The number of nitrogens with zero attached hydrogens (tertiary/aromatic N) is 1. The molecule has 2 rings (SSSR count). The monoisotopic (exact) mass is 241 g/mol. The zero-order valence-corrected chi connectivity index (χ0v) is 10.1. The minimum absolute atomic E-state index is 0.0273. The molecular formula is C12H19NO4. The fourth-order valence-electron chi connectivity index (χ4n) is 2.52. The van der Waals surface area contributed by atoms with Crippen LogP contribution >= 0.6 is 0 Å². The first-order chi connectivity index (χ1) is 8.01. The summed E-state index contributed by atoms with van der Waals surface area (Å²) in [6.07, 6.45) is 2.64. The number of carbonyl (C=O) groups excluding carboxylic acids is 1. The quantitative estimate of drug-likeness (QED) is 0.796. The van der Waals surface area contributed by atoms with Gasteiger partial charge in [-0.15, -0.1) is 0 Å². The highest BCUT2D eigenvalue weighted by molar-refractivity contribution is 5.83. The molecule has 1 saturated heterocycles. The summed E-state index contributed by atoms with van der Waals surface area (Å²) in [5.41, 5.74) is -0.203. The summed E-state index contributed by atoms with van der Waals surface area (Å²) in [5, 5.41) is 8.72. The van der Waals surface area contributed by atoms with E-state index < -0.39 is 5.97 Å². The second kappa shape index (κ2) is 4.64. The van der Waals surface area contributed by atoms with Crippen molar-refractivity contribution in [2.75, 3.05) is 19.7 Å². The molecule has 1 heterocycles. The van der Waals surface area contributed by atoms with Gasteiger partial charge >= 0.3 is 5.97 Å². The third-order valence-corrected chi connectivity index (χ3v) is 3.80. The van der Waals surface area contributed by atoms with E-state index in [-0.39, 0.29) is 23.8 Å². The molecule has 0 bridgehead atoms. The van der Waals surface area contributed by atoms with Crippen LogP contribution in [-0.2, 0) is 14.3 Å². The molecule has 17 heavy (non-hydrogen) atoms. The fraction of sp³-hybridized carbons (Fsp3) is 0.833. The van der Waals surface area contributed by atoms with Crippen molar-refractivity contribution < 1.29 is 19.4 Å². The van der Waals surface area contributed by atoms with Crippen molar-refractivity contribution >= 4 is 11.9 Å². The number of morpholine rings is 1. The molecule has 0 spiro atoms. The predicted octanol–water partition coefficient (Wildman–Crippen LogP) is 0.879. The number of amides is 1. The van der Waals surface area contributed by atoms with E-state index in [1.807, 2.05) is 6.92 Å². The number of carbonyl (C=O) groups is 2. The number of hydrogen-bond acceptors (Lipinski definition) is 3. The number of hydrogen-bond donors (Lipinski definition) is 1. The highest BCUT2D eigenvalue weighted by Gasteiger charge is 2.42. The minimum Gasteiger partial charge on any atom is -0.481 e. The van der Waals surface area contributed by atoms with Gasteiger partial charge in [-0.05, 0) is 12.8 Å². The molecule has 5 nitrogen and oxygen atoms in total. The summed E-state index contributed by atoms with van der Waals surface area (Å²) in [5.74, 6) is -0.707. The molecule has 0 aromatic rings. The van der Waals surface area contributed by atoms with E-state index in [2.05, 4.69) is 0 Å². The lowest BCUT2D eigenvalue weighted by atomic mass is 9.69. The lowest BCUT2D eigenvalue weighted by molar-refractivity contribution is -0.156. The molecule has 1 aliphatic carbocycles. The first-order valence-electron chi connectivity index (χ1n) is 6.14. The average molecular weight is 241 g/mol. The van der Waals surface area contributed by atoms with Gasteiger partial charge in [0.2, 0.25) is 5.91 Å². The van der Waals surface area contributed by atoms with E-state index in [1.54, 1.807) is 4.90 Å². The van der Waals surface area contributed by atoms with Crippen molar-refractivity contribution in [1.82, 2.24) is 4.90 Å². The number of rotatable bonds is 3. The number of ether oxygens (including phenoxy) is 1. The van der Waals surface area contributed by atoms with Crippen LogP contribution in [0.15, 0.2) is 0 Å². The summed E-state index contributed by atoms with van der Waals surface area (Å²) in [6.45, 7) is 3.45. The van der Waals surface area contributed by atoms with Gasteiger partial charge in [-0.2, -0.15) is 0 Å². The van der Waals surface area contributed by atoms with Crippen LogP contribution in [0.2, 0.25) is 0 Å². The normalized spacial score (nSPS) is 27.4. The van der Waals surface area contributed by atoms with Crippen LogP contribution in [0.5, 0.6) is 0 Å². The zero-order valence-electron chi connectivity index (χ0n) is 10.1. The third-order valence-electron chi connectivity index (χ3n) is 3.80. The lowest BCUT2D eigenvalue weighted by Gasteiger charge is -2.43. The largest absolute Gasteiger partial charge is 0.481 e. The standard InChI is InChI=1S/C12H19NO4/c1-12(3-2-4-12)11(16)13-5-6-17-9(8-13)7-10(14)15/h9H,2-8H2,1H3,(H,14,15). The molecule has 1 unspecified atom stereocenters. The summed E-state index contributed by atoms with van der Waals surface area (Å²) < 4.78 is 5.36. The van der Waals surface area contributed by atoms with Crippen molar-refractivity contribution in [2.24, 2.45) is 5.41 Å². The van der Waals surface area contributed by atoms with Crippen molar-refractivity contribution in [3.63, 3.8) is 0 Å². The molecule has 0 radical (unpaired) electrons. The lowest BCUT2D eigenvalue weighted by Crippen LogP contribution is -2.52. The van der Waals surface area contributed by atoms with Crippen LogP contribution in [0.3, 0.4) is 0 Å². The third kappa shape index (κ3) is 2.60.